The van der Waals surface area contributed by atoms with Gasteiger partial charge in [0, 0.05) is 6.54 Å². The molecule has 2 saturated heterocycles. The third-order valence-electron chi connectivity index (χ3n) is 5.00. The molecule has 1 aromatic rings. The van der Waals surface area contributed by atoms with Gasteiger partial charge in [0.25, 0.3) is 5.91 Å². The van der Waals surface area contributed by atoms with Gasteiger partial charge in [-0.3, -0.25) is 4.79 Å². The van der Waals surface area contributed by atoms with Gasteiger partial charge in [-0.25, -0.2) is 4.39 Å². The summed E-state index contributed by atoms with van der Waals surface area (Å²) in [6.07, 6.45) is 3.13. The van der Waals surface area contributed by atoms with Gasteiger partial charge in [-0.2, -0.15) is 4.31 Å². The van der Waals surface area contributed by atoms with Crippen molar-refractivity contribution in [3.8, 4) is 5.75 Å². The summed E-state index contributed by atoms with van der Waals surface area (Å²) in [6, 6.07) is 2.96. The fourth-order valence-corrected chi connectivity index (χ4v) is 4.55. The number of nitrogens with zero attached hydrogens (tertiary/aromatic N) is 2. The lowest BCUT2D eigenvalue weighted by Crippen LogP contribution is -2.35. The summed E-state index contributed by atoms with van der Waals surface area (Å²) in [7, 11) is 0. The number of carbonyl (C=O) groups excluding carboxylic acids is 1. The van der Waals surface area contributed by atoms with Gasteiger partial charge >= 0.3 is 0 Å². The number of rotatable bonds is 5. The van der Waals surface area contributed by atoms with Crippen molar-refractivity contribution in [2.45, 2.75) is 39.0 Å². The van der Waals surface area contributed by atoms with Crippen LogP contribution in [0.3, 0.4) is 0 Å². The number of aromatic hydroxyl groups is 1. The van der Waals surface area contributed by atoms with Gasteiger partial charge in [-0.05, 0) is 61.9 Å². The Morgan fingerprint density at radius 3 is 2.85 bits per heavy atom. The molecule has 1 amide bonds. The van der Waals surface area contributed by atoms with Crippen LogP contribution >= 0.6 is 0 Å². The second kappa shape index (κ2) is 8.02. The fraction of sp³-hybridized carbons (Fsp3) is 0.611. The number of nitrogens with one attached hydrogen (secondary N) is 1. The highest BCUT2D eigenvalue weighted by Crippen LogP contribution is 2.38. The number of phenolic OH excluding ortho intramolecular Hbond substituents is 1. The number of piperidine rings is 1. The number of hydrogen-bond acceptors (Lipinski definition) is 5. The van der Waals surface area contributed by atoms with E-state index in [4.69, 9.17) is 0 Å². The smallest absolute Gasteiger partial charge is 0.287 e. The summed E-state index contributed by atoms with van der Waals surface area (Å²) in [5.41, 5.74) is 0.570. The van der Waals surface area contributed by atoms with Crippen LogP contribution in [-0.2, 0) is 16.3 Å². The SMILES string of the molecule is CC(C)CCN1CCCC(c2cc(O)c(N3CC(=O)N[S+]3[O-])c(F)c2)C1. The Hall–Kier alpha value is -1.51. The molecular weight excluding hydrogens is 357 g/mol. The Bertz CT molecular complexity index is 650. The van der Waals surface area contributed by atoms with E-state index in [9.17, 15) is 18.8 Å². The Morgan fingerprint density at radius 2 is 2.23 bits per heavy atom. The van der Waals surface area contributed by atoms with Crippen molar-refractivity contribution in [3.05, 3.63) is 23.5 Å². The first kappa shape index (κ1) is 19.3. The maximum atomic E-state index is 14.7. The summed E-state index contributed by atoms with van der Waals surface area (Å²) in [4.78, 5) is 13.8. The highest BCUT2D eigenvalue weighted by atomic mass is 32.2. The molecule has 0 radical (unpaired) electrons. The van der Waals surface area contributed by atoms with E-state index in [-0.39, 0.29) is 23.9 Å². The van der Waals surface area contributed by atoms with Gasteiger partial charge in [0.1, 0.15) is 5.75 Å². The lowest BCUT2D eigenvalue weighted by Gasteiger charge is -2.33. The van der Waals surface area contributed by atoms with Crippen LogP contribution in [0.2, 0.25) is 0 Å². The van der Waals surface area contributed by atoms with Crippen molar-refractivity contribution in [2.24, 2.45) is 5.92 Å². The Morgan fingerprint density at radius 1 is 1.46 bits per heavy atom. The molecule has 2 aliphatic heterocycles. The molecule has 8 heteroatoms. The molecule has 2 aliphatic rings. The van der Waals surface area contributed by atoms with Crippen LogP contribution in [0, 0.1) is 11.7 Å². The van der Waals surface area contributed by atoms with Crippen LogP contribution in [0.15, 0.2) is 12.1 Å². The maximum absolute atomic E-state index is 14.7. The number of likely N-dealkylation sites (tertiary alicyclic amines) is 1. The Balaban J connectivity index is 1.76. The van der Waals surface area contributed by atoms with E-state index in [0.29, 0.717) is 5.92 Å². The van der Waals surface area contributed by atoms with Crippen molar-refractivity contribution in [3.63, 3.8) is 0 Å². The van der Waals surface area contributed by atoms with Crippen molar-refractivity contribution < 1.29 is 18.8 Å². The van der Waals surface area contributed by atoms with E-state index in [1.165, 1.54) is 6.07 Å². The lowest BCUT2D eigenvalue weighted by molar-refractivity contribution is -0.117. The van der Waals surface area contributed by atoms with E-state index in [0.717, 1.165) is 48.8 Å². The quantitative estimate of drug-likeness (QED) is 0.763. The summed E-state index contributed by atoms with van der Waals surface area (Å²) in [5, 5.41) is 10.3. The van der Waals surface area contributed by atoms with Crippen LogP contribution in [-0.4, -0.2) is 46.6 Å². The third-order valence-corrected chi connectivity index (χ3v) is 6.12. The molecule has 1 aromatic carbocycles. The first-order chi connectivity index (χ1) is 12.3. The number of amides is 1. The van der Waals surface area contributed by atoms with E-state index in [2.05, 4.69) is 23.5 Å². The number of carbonyl (C=O) groups is 1. The maximum Gasteiger partial charge on any atom is 0.287 e. The minimum absolute atomic E-state index is 0.161. The molecule has 2 atom stereocenters. The van der Waals surface area contributed by atoms with Crippen LogP contribution in [0.5, 0.6) is 5.75 Å². The summed E-state index contributed by atoms with van der Waals surface area (Å²) >= 11 is -1.86. The standard InChI is InChI=1S/C18H26FN3O3S/c1-12(2)5-7-21-6-3-4-13(10-21)14-8-15(19)18(16(23)9-14)22-11-17(24)20-26(22)25/h8-9,12-13,23H,3-7,10-11H2,1-2H3,(H,20,24). The molecule has 0 bridgehead atoms. The van der Waals surface area contributed by atoms with E-state index in [1.807, 2.05) is 0 Å². The molecule has 26 heavy (non-hydrogen) atoms. The minimum Gasteiger partial charge on any atom is -0.568 e. The topological polar surface area (TPSA) is 78.9 Å². The number of benzene rings is 1. The molecular formula is C18H26FN3O3S. The van der Waals surface area contributed by atoms with E-state index < -0.39 is 23.3 Å². The molecule has 144 valence electrons. The zero-order valence-corrected chi connectivity index (χ0v) is 16.0. The zero-order valence-electron chi connectivity index (χ0n) is 15.2. The number of hydrogen-bond donors (Lipinski definition) is 2. The molecule has 0 aromatic heterocycles. The average Bonchev–Trinajstić information content (AvgIpc) is 2.91. The molecule has 2 heterocycles. The summed E-state index contributed by atoms with van der Waals surface area (Å²) in [5.74, 6) is -0.574. The van der Waals surface area contributed by atoms with Gasteiger partial charge in [0.15, 0.2) is 29.6 Å². The monoisotopic (exact) mass is 383 g/mol. The fourth-order valence-electron chi connectivity index (χ4n) is 3.59. The third kappa shape index (κ3) is 4.24. The first-order valence-corrected chi connectivity index (χ1v) is 10.2. The van der Waals surface area contributed by atoms with Crippen LogP contribution in [0.4, 0.5) is 10.1 Å². The number of halogens is 1. The molecule has 0 saturated carbocycles. The van der Waals surface area contributed by atoms with Crippen molar-refractivity contribution in [1.82, 2.24) is 9.62 Å². The van der Waals surface area contributed by atoms with Gasteiger partial charge in [0.05, 0.1) is 0 Å². The largest absolute Gasteiger partial charge is 0.568 e. The Kier molecular flexibility index (Phi) is 5.94. The molecule has 0 aliphatic carbocycles. The molecule has 2 unspecified atom stereocenters. The molecule has 0 spiro atoms. The van der Waals surface area contributed by atoms with E-state index in [1.54, 1.807) is 6.07 Å². The van der Waals surface area contributed by atoms with Gasteiger partial charge < -0.3 is 14.6 Å². The van der Waals surface area contributed by atoms with Crippen molar-refractivity contribution >= 4 is 23.1 Å². The normalized spacial score (nSPS) is 24.3. The van der Waals surface area contributed by atoms with Crippen molar-refractivity contribution in [1.29, 1.82) is 0 Å². The molecule has 3 rings (SSSR count). The number of anilines is 1. The summed E-state index contributed by atoms with van der Waals surface area (Å²) in [6.45, 7) is 7.10. The highest BCUT2D eigenvalue weighted by Gasteiger charge is 2.38. The van der Waals surface area contributed by atoms with E-state index >= 15 is 0 Å². The minimum atomic E-state index is -1.86. The highest BCUT2D eigenvalue weighted by molar-refractivity contribution is 7.92. The second-order valence-corrected chi connectivity index (χ2v) is 8.65. The lowest BCUT2D eigenvalue weighted by atomic mass is 9.90. The molecule has 2 N–H and O–H groups in total. The van der Waals surface area contributed by atoms with Crippen molar-refractivity contribution in [2.75, 3.05) is 30.5 Å². The van der Waals surface area contributed by atoms with Gasteiger partial charge in [0.2, 0.25) is 0 Å². The van der Waals surface area contributed by atoms with Crippen LogP contribution < -0.4 is 9.03 Å². The number of phenols is 1. The van der Waals surface area contributed by atoms with Gasteiger partial charge in [-0.1, -0.05) is 13.8 Å². The molecule has 2 fully saturated rings. The Labute approximate surface area is 156 Å². The zero-order chi connectivity index (χ0) is 18.8. The predicted molar refractivity (Wildman–Crippen MR) is 99.6 cm³/mol. The average molecular weight is 383 g/mol. The molecule has 6 nitrogen and oxygen atoms in total. The first-order valence-electron chi connectivity index (χ1n) is 9.08. The predicted octanol–water partition coefficient (Wildman–Crippen LogP) is 2.27. The van der Waals surface area contributed by atoms with Crippen LogP contribution in [0.1, 0.15) is 44.6 Å². The van der Waals surface area contributed by atoms with Gasteiger partial charge in [-0.15, -0.1) is 4.72 Å². The van der Waals surface area contributed by atoms with Crippen LogP contribution in [0.25, 0.3) is 0 Å². The second-order valence-electron chi connectivity index (χ2n) is 7.50. The summed E-state index contributed by atoms with van der Waals surface area (Å²) < 4.78 is 29.8.